The third-order valence-corrected chi connectivity index (χ3v) is 3.79. The number of nitrogens with zero attached hydrogens (tertiary/aromatic N) is 1. The predicted molar refractivity (Wildman–Crippen MR) is 69.2 cm³/mol. The Bertz CT molecular complexity index is 307. The Morgan fingerprint density at radius 1 is 1.50 bits per heavy atom. The lowest BCUT2D eigenvalue weighted by atomic mass is 9.98. The standard InChI is InChI=1S/C14H24N2O2/c1-11(2)16-14(10-15)6-5-12(8-14)18-9-13-4-3-7-17-13/h11-13,16H,3-9H2,1-2H3. The molecule has 0 aromatic rings. The first kappa shape index (κ1) is 13.8. The van der Waals surface area contributed by atoms with Gasteiger partial charge in [-0.1, -0.05) is 0 Å². The van der Waals surface area contributed by atoms with E-state index in [9.17, 15) is 5.26 Å². The Morgan fingerprint density at radius 3 is 2.94 bits per heavy atom. The third kappa shape index (κ3) is 3.44. The van der Waals surface area contributed by atoms with Gasteiger partial charge in [-0.15, -0.1) is 0 Å². The molecule has 3 unspecified atom stereocenters. The summed E-state index contributed by atoms with van der Waals surface area (Å²) in [5, 5.41) is 12.8. The van der Waals surface area contributed by atoms with Crippen LogP contribution in [0.25, 0.3) is 0 Å². The zero-order valence-electron chi connectivity index (χ0n) is 11.4. The largest absolute Gasteiger partial charge is 0.376 e. The summed E-state index contributed by atoms with van der Waals surface area (Å²) in [5.41, 5.74) is -0.380. The second-order valence-corrected chi connectivity index (χ2v) is 5.83. The minimum atomic E-state index is -0.380. The minimum Gasteiger partial charge on any atom is -0.376 e. The molecule has 0 amide bonds. The third-order valence-electron chi connectivity index (χ3n) is 3.79. The van der Waals surface area contributed by atoms with Crippen LogP contribution in [0.4, 0.5) is 0 Å². The van der Waals surface area contributed by atoms with Gasteiger partial charge < -0.3 is 9.47 Å². The Morgan fingerprint density at radius 2 is 2.33 bits per heavy atom. The molecule has 0 bridgehead atoms. The Balaban J connectivity index is 1.77. The van der Waals surface area contributed by atoms with Gasteiger partial charge in [0, 0.05) is 19.1 Å². The van der Waals surface area contributed by atoms with E-state index in [1.54, 1.807) is 0 Å². The lowest BCUT2D eigenvalue weighted by Gasteiger charge is -2.25. The summed E-state index contributed by atoms with van der Waals surface area (Å²) in [6, 6.07) is 2.78. The van der Waals surface area contributed by atoms with Crippen LogP contribution in [0.1, 0.15) is 46.0 Å². The van der Waals surface area contributed by atoms with Crippen molar-refractivity contribution in [2.24, 2.45) is 0 Å². The zero-order valence-corrected chi connectivity index (χ0v) is 11.4. The maximum atomic E-state index is 9.37. The Labute approximate surface area is 110 Å². The van der Waals surface area contributed by atoms with Gasteiger partial charge >= 0.3 is 0 Å². The molecule has 2 aliphatic rings. The van der Waals surface area contributed by atoms with Crippen LogP contribution >= 0.6 is 0 Å². The molecule has 3 atom stereocenters. The molecular weight excluding hydrogens is 228 g/mol. The summed E-state index contributed by atoms with van der Waals surface area (Å²) in [6.45, 7) is 5.73. The summed E-state index contributed by atoms with van der Waals surface area (Å²) in [6.07, 6.45) is 5.41. The van der Waals surface area contributed by atoms with E-state index >= 15 is 0 Å². The molecule has 0 aromatic heterocycles. The minimum absolute atomic E-state index is 0.208. The molecule has 1 saturated carbocycles. The van der Waals surface area contributed by atoms with Crippen molar-refractivity contribution in [1.82, 2.24) is 5.32 Å². The summed E-state index contributed by atoms with van der Waals surface area (Å²) >= 11 is 0. The number of nitriles is 1. The van der Waals surface area contributed by atoms with Crippen LogP contribution in [0.5, 0.6) is 0 Å². The van der Waals surface area contributed by atoms with Crippen molar-refractivity contribution in [2.45, 2.75) is 69.7 Å². The van der Waals surface area contributed by atoms with Gasteiger partial charge in [0.15, 0.2) is 0 Å². The summed E-state index contributed by atoms with van der Waals surface area (Å²) in [7, 11) is 0. The molecular formula is C14H24N2O2. The molecule has 1 aliphatic heterocycles. The maximum Gasteiger partial charge on any atom is 0.109 e. The van der Waals surface area contributed by atoms with Crippen LogP contribution in [0.3, 0.4) is 0 Å². The van der Waals surface area contributed by atoms with Gasteiger partial charge in [-0.2, -0.15) is 5.26 Å². The Kier molecular flexibility index (Phi) is 4.60. The highest BCUT2D eigenvalue weighted by molar-refractivity contribution is 5.12. The van der Waals surface area contributed by atoms with E-state index < -0.39 is 0 Å². The second-order valence-electron chi connectivity index (χ2n) is 5.83. The number of rotatable bonds is 5. The molecule has 0 aromatic carbocycles. The van der Waals surface area contributed by atoms with Crippen LogP contribution in [0.15, 0.2) is 0 Å². The Hall–Kier alpha value is -0.630. The van der Waals surface area contributed by atoms with Crippen molar-refractivity contribution in [3.63, 3.8) is 0 Å². The van der Waals surface area contributed by atoms with Gasteiger partial charge in [0.05, 0.1) is 24.9 Å². The van der Waals surface area contributed by atoms with Gasteiger partial charge in [-0.25, -0.2) is 0 Å². The molecule has 2 fully saturated rings. The lowest BCUT2D eigenvalue weighted by molar-refractivity contribution is -0.0192. The molecule has 4 heteroatoms. The summed E-state index contributed by atoms with van der Waals surface area (Å²) in [4.78, 5) is 0. The lowest BCUT2D eigenvalue weighted by Crippen LogP contribution is -2.46. The van der Waals surface area contributed by atoms with Crippen LogP contribution in [0, 0.1) is 11.3 Å². The van der Waals surface area contributed by atoms with E-state index in [1.807, 2.05) is 0 Å². The van der Waals surface area contributed by atoms with Crippen LogP contribution in [-0.4, -0.2) is 37.0 Å². The fourth-order valence-electron chi connectivity index (χ4n) is 2.98. The topological polar surface area (TPSA) is 54.3 Å². The van der Waals surface area contributed by atoms with Gasteiger partial charge in [0.1, 0.15) is 5.54 Å². The zero-order chi connectivity index (χ0) is 13.0. The normalized spacial score (nSPS) is 36.1. The van der Waals surface area contributed by atoms with Gasteiger partial charge in [-0.05, 0) is 39.5 Å². The van der Waals surface area contributed by atoms with Crippen molar-refractivity contribution in [3.05, 3.63) is 0 Å². The maximum absolute atomic E-state index is 9.37. The second kappa shape index (κ2) is 6.01. The highest BCUT2D eigenvalue weighted by Crippen LogP contribution is 2.32. The van der Waals surface area contributed by atoms with Crippen LogP contribution < -0.4 is 5.32 Å². The number of hydrogen-bond donors (Lipinski definition) is 1. The molecule has 18 heavy (non-hydrogen) atoms. The molecule has 4 nitrogen and oxygen atoms in total. The van der Waals surface area contributed by atoms with E-state index in [0.29, 0.717) is 12.6 Å². The first-order valence-electron chi connectivity index (χ1n) is 7.06. The van der Waals surface area contributed by atoms with E-state index in [-0.39, 0.29) is 17.7 Å². The highest BCUT2D eigenvalue weighted by Gasteiger charge is 2.40. The van der Waals surface area contributed by atoms with E-state index in [4.69, 9.17) is 9.47 Å². The molecule has 1 saturated heterocycles. The highest BCUT2D eigenvalue weighted by atomic mass is 16.5. The van der Waals surface area contributed by atoms with Crippen LogP contribution in [-0.2, 0) is 9.47 Å². The number of hydrogen-bond acceptors (Lipinski definition) is 4. The average Bonchev–Trinajstić information content (AvgIpc) is 2.95. The van der Waals surface area contributed by atoms with Crippen LogP contribution in [0.2, 0.25) is 0 Å². The summed E-state index contributed by atoms with van der Waals surface area (Å²) in [5.74, 6) is 0. The molecule has 1 aliphatic carbocycles. The quantitative estimate of drug-likeness (QED) is 0.813. The monoisotopic (exact) mass is 252 g/mol. The van der Waals surface area contributed by atoms with E-state index in [2.05, 4.69) is 25.2 Å². The first-order chi connectivity index (χ1) is 8.63. The molecule has 102 valence electrons. The van der Waals surface area contributed by atoms with Gasteiger partial charge in [0.2, 0.25) is 0 Å². The average molecular weight is 252 g/mol. The van der Waals surface area contributed by atoms with E-state index in [1.165, 1.54) is 0 Å². The predicted octanol–water partition coefficient (Wildman–Crippen LogP) is 1.99. The number of ether oxygens (including phenoxy) is 2. The van der Waals surface area contributed by atoms with Gasteiger partial charge in [0.25, 0.3) is 0 Å². The summed E-state index contributed by atoms with van der Waals surface area (Å²) < 4.78 is 11.5. The molecule has 1 N–H and O–H groups in total. The van der Waals surface area contributed by atoms with E-state index in [0.717, 1.165) is 38.7 Å². The molecule has 0 radical (unpaired) electrons. The fourth-order valence-corrected chi connectivity index (χ4v) is 2.98. The van der Waals surface area contributed by atoms with Gasteiger partial charge in [-0.3, -0.25) is 5.32 Å². The molecule has 2 rings (SSSR count). The molecule has 0 spiro atoms. The van der Waals surface area contributed by atoms with Crippen molar-refractivity contribution < 1.29 is 9.47 Å². The smallest absolute Gasteiger partial charge is 0.109 e. The van der Waals surface area contributed by atoms with Crippen molar-refractivity contribution in [1.29, 1.82) is 5.26 Å². The molecule has 1 heterocycles. The van der Waals surface area contributed by atoms with Crippen molar-refractivity contribution in [3.8, 4) is 6.07 Å². The first-order valence-corrected chi connectivity index (χ1v) is 7.06. The van der Waals surface area contributed by atoms with Crippen molar-refractivity contribution >= 4 is 0 Å². The van der Waals surface area contributed by atoms with Crippen molar-refractivity contribution in [2.75, 3.05) is 13.2 Å². The number of nitrogens with one attached hydrogen (secondary N) is 1. The fraction of sp³-hybridized carbons (Fsp3) is 0.929. The SMILES string of the molecule is CC(C)NC1(C#N)CCC(OCC2CCCO2)C1.